The third-order valence-corrected chi connectivity index (χ3v) is 6.02. The van der Waals surface area contributed by atoms with Gasteiger partial charge in [0.15, 0.2) is 0 Å². The molecule has 0 saturated heterocycles. The number of benzene rings is 1. The van der Waals surface area contributed by atoms with Gasteiger partial charge in [0.1, 0.15) is 0 Å². The predicted molar refractivity (Wildman–Crippen MR) is 82.4 cm³/mol. The Morgan fingerprint density at radius 1 is 1.25 bits per heavy atom. The second-order valence-electron chi connectivity index (χ2n) is 7.66. The Morgan fingerprint density at radius 3 is 2.50 bits per heavy atom. The standard InChI is InChI=1S/C18H27NO/c1-17(2)14-9-10-18(3,11-14)16(17)19-15(12-20)13-7-5-4-6-8-13/h4-8,14-16,19-20H,9-12H2,1-3H3/t14-,15-,16?,18+/m0/s1. The van der Waals surface area contributed by atoms with Gasteiger partial charge >= 0.3 is 0 Å². The van der Waals surface area contributed by atoms with E-state index in [1.807, 2.05) is 18.2 Å². The fourth-order valence-electron chi connectivity index (χ4n) is 4.86. The van der Waals surface area contributed by atoms with Gasteiger partial charge in [0.25, 0.3) is 0 Å². The summed E-state index contributed by atoms with van der Waals surface area (Å²) in [5, 5.41) is 13.6. The zero-order chi connectivity index (χ0) is 14.4. The molecule has 4 atom stereocenters. The molecule has 2 nitrogen and oxygen atoms in total. The van der Waals surface area contributed by atoms with E-state index < -0.39 is 0 Å². The van der Waals surface area contributed by atoms with Crippen LogP contribution in [0.15, 0.2) is 30.3 Å². The molecule has 110 valence electrons. The SMILES string of the molecule is CC1(C)C(N[C@@H](CO)c2ccccc2)[C@]2(C)CC[C@H]1C2. The molecule has 2 aliphatic carbocycles. The quantitative estimate of drug-likeness (QED) is 0.879. The van der Waals surface area contributed by atoms with Gasteiger partial charge in [-0.05, 0) is 41.6 Å². The first kappa shape index (κ1) is 14.1. The molecule has 2 fully saturated rings. The lowest BCUT2D eigenvalue weighted by molar-refractivity contribution is 0.0867. The molecule has 2 N–H and O–H groups in total. The lowest BCUT2D eigenvalue weighted by Crippen LogP contribution is -2.52. The van der Waals surface area contributed by atoms with Crippen LogP contribution in [0.3, 0.4) is 0 Å². The number of nitrogens with one attached hydrogen (secondary N) is 1. The van der Waals surface area contributed by atoms with Gasteiger partial charge in [-0.2, -0.15) is 0 Å². The van der Waals surface area contributed by atoms with Gasteiger partial charge in [0.05, 0.1) is 12.6 Å². The topological polar surface area (TPSA) is 32.3 Å². The minimum atomic E-state index is 0.0525. The van der Waals surface area contributed by atoms with Crippen LogP contribution >= 0.6 is 0 Å². The monoisotopic (exact) mass is 273 g/mol. The van der Waals surface area contributed by atoms with Crippen LogP contribution in [0.4, 0.5) is 0 Å². The van der Waals surface area contributed by atoms with Crippen molar-refractivity contribution in [2.75, 3.05) is 6.61 Å². The Labute approximate surface area is 122 Å². The van der Waals surface area contributed by atoms with Crippen LogP contribution in [0.5, 0.6) is 0 Å². The number of aliphatic hydroxyl groups is 1. The van der Waals surface area contributed by atoms with Gasteiger partial charge in [-0.3, -0.25) is 0 Å². The van der Waals surface area contributed by atoms with E-state index in [4.69, 9.17) is 0 Å². The lowest BCUT2D eigenvalue weighted by Gasteiger charge is -2.45. The number of hydrogen-bond acceptors (Lipinski definition) is 2. The molecule has 0 radical (unpaired) electrons. The van der Waals surface area contributed by atoms with Crippen molar-refractivity contribution in [3.05, 3.63) is 35.9 Å². The third-order valence-electron chi connectivity index (χ3n) is 6.02. The third kappa shape index (κ3) is 2.10. The van der Waals surface area contributed by atoms with Gasteiger partial charge in [-0.1, -0.05) is 51.1 Å². The van der Waals surface area contributed by atoms with E-state index in [2.05, 4.69) is 38.2 Å². The van der Waals surface area contributed by atoms with Crippen LogP contribution in [0.2, 0.25) is 0 Å². The van der Waals surface area contributed by atoms with Crippen LogP contribution < -0.4 is 5.32 Å². The molecular weight excluding hydrogens is 246 g/mol. The van der Waals surface area contributed by atoms with Crippen LogP contribution in [-0.2, 0) is 0 Å². The fraction of sp³-hybridized carbons (Fsp3) is 0.667. The van der Waals surface area contributed by atoms with E-state index >= 15 is 0 Å². The summed E-state index contributed by atoms with van der Waals surface area (Å²) < 4.78 is 0. The zero-order valence-corrected chi connectivity index (χ0v) is 12.9. The maximum atomic E-state index is 9.80. The van der Waals surface area contributed by atoms with Crippen molar-refractivity contribution in [2.45, 2.75) is 52.1 Å². The minimum absolute atomic E-state index is 0.0525. The molecule has 0 aromatic heterocycles. The molecule has 0 heterocycles. The smallest absolute Gasteiger partial charge is 0.0626 e. The molecule has 2 heteroatoms. The normalized spacial score (nSPS) is 36.2. The van der Waals surface area contributed by atoms with Crippen LogP contribution in [0.1, 0.15) is 51.6 Å². The highest BCUT2D eigenvalue weighted by Gasteiger charge is 2.59. The summed E-state index contributed by atoms with van der Waals surface area (Å²) in [6, 6.07) is 10.9. The molecule has 0 aliphatic heterocycles. The van der Waals surface area contributed by atoms with Gasteiger partial charge < -0.3 is 10.4 Å². The van der Waals surface area contributed by atoms with Crippen molar-refractivity contribution in [1.29, 1.82) is 0 Å². The Balaban J connectivity index is 1.83. The van der Waals surface area contributed by atoms with E-state index in [-0.39, 0.29) is 12.6 Å². The summed E-state index contributed by atoms with van der Waals surface area (Å²) >= 11 is 0. The summed E-state index contributed by atoms with van der Waals surface area (Å²) in [4.78, 5) is 0. The van der Waals surface area contributed by atoms with Crippen molar-refractivity contribution >= 4 is 0 Å². The molecule has 2 aliphatic rings. The molecule has 1 aromatic rings. The molecule has 1 unspecified atom stereocenters. The Kier molecular flexibility index (Phi) is 3.42. The lowest BCUT2D eigenvalue weighted by atomic mass is 9.68. The predicted octanol–water partition coefficient (Wildman–Crippen LogP) is 3.52. The molecule has 0 spiro atoms. The van der Waals surface area contributed by atoms with Gasteiger partial charge in [0, 0.05) is 6.04 Å². The zero-order valence-electron chi connectivity index (χ0n) is 12.9. The van der Waals surface area contributed by atoms with E-state index in [1.165, 1.54) is 24.8 Å². The van der Waals surface area contributed by atoms with Gasteiger partial charge in [0.2, 0.25) is 0 Å². The van der Waals surface area contributed by atoms with Gasteiger partial charge in [-0.25, -0.2) is 0 Å². The highest BCUT2D eigenvalue weighted by atomic mass is 16.3. The molecule has 0 amide bonds. The number of aliphatic hydroxyl groups excluding tert-OH is 1. The Bertz CT molecular complexity index is 465. The number of rotatable bonds is 4. The first-order chi connectivity index (χ1) is 9.47. The summed E-state index contributed by atoms with van der Waals surface area (Å²) in [6.45, 7) is 7.40. The van der Waals surface area contributed by atoms with Crippen molar-refractivity contribution in [3.63, 3.8) is 0 Å². The van der Waals surface area contributed by atoms with E-state index in [1.54, 1.807) is 0 Å². The first-order valence-corrected chi connectivity index (χ1v) is 7.89. The highest BCUT2D eigenvalue weighted by molar-refractivity contribution is 5.21. The van der Waals surface area contributed by atoms with Crippen molar-refractivity contribution < 1.29 is 5.11 Å². The van der Waals surface area contributed by atoms with Crippen LogP contribution in [-0.4, -0.2) is 17.8 Å². The maximum absolute atomic E-state index is 9.80. The number of hydrogen-bond donors (Lipinski definition) is 2. The van der Waals surface area contributed by atoms with Crippen molar-refractivity contribution in [1.82, 2.24) is 5.32 Å². The number of fused-ring (bicyclic) bond motifs is 2. The summed E-state index contributed by atoms with van der Waals surface area (Å²) in [7, 11) is 0. The molecule has 2 bridgehead atoms. The fourth-order valence-corrected chi connectivity index (χ4v) is 4.86. The van der Waals surface area contributed by atoms with E-state index in [0.29, 0.717) is 16.9 Å². The molecule has 2 saturated carbocycles. The Morgan fingerprint density at radius 2 is 1.95 bits per heavy atom. The van der Waals surface area contributed by atoms with E-state index in [9.17, 15) is 5.11 Å². The molecular formula is C18H27NO. The summed E-state index contributed by atoms with van der Waals surface area (Å²) in [5.74, 6) is 0.833. The second-order valence-corrected chi connectivity index (χ2v) is 7.66. The highest BCUT2D eigenvalue weighted by Crippen LogP contribution is 2.62. The maximum Gasteiger partial charge on any atom is 0.0626 e. The summed E-state index contributed by atoms with van der Waals surface area (Å²) in [5.41, 5.74) is 1.92. The molecule has 1 aromatic carbocycles. The van der Waals surface area contributed by atoms with E-state index in [0.717, 1.165) is 5.92 Å². The average Bonchev–Trinajstić information content (AvgIpc) is 2.91. The van der Waals surface area contributed by atoms with Crippen LogP contribution in [0.25, 0.3) is 0 Å². The minimum Gasteiger partial charge on any atom is -0.394 e. The molecule has 3 rings (SSSR count). The van der Waals surface area contributed by atoms with Crippen molar-refractivity contribution in [2.24, 2.45) is 16.7 Å². The average molecular weight is 273 g/mol. The summed E-state index contributed by atoms with van der Waals surface area (Å²) in [6.07, 6.45) is 4.03. The Hall–Kier alpha value is -0.860. The van der Waals surface area contributed by atoms with Gasteiger partial charge in [-0.15, -0.1) is 0 Å². The van der Waals surface area contributed by atoms with Crippen LogP contribution in [0, 0.1) is 16.7 Å². The van der Waals surface area contributed by atoms with Crippen molar-refractivity contribution in [3.8, 4) is 0 Å². The largest absolute Gasteiger partial charge is 0.394 e. The first-order valence-electron chi connectivity index (χ1n) is 7.89. The molecule has 20 heavy (non-hydrogen) atoms. The second kappa shape index (κ2) is 4.85.